The van der Waals surface area contributed by atoms with E-state index >= 15 is 0 Å². The largest absolute Gasteiger partial charge is 0.381 e. The van der Waals surface area contributed by atoms with Crippen LogP contribution < -0.4 is 11.1 Å². The molecule has 8 nitrogen and oxygen atoms in total. The Kier molecular flexibility index (Phi) is 5.23. The molecule has 2 bridgehead atoms. The molecule has 0 unspecified atom stereocenters. The fourth-order valence-corrected chi connectivity index (χ4v) is 5.99. The molecule has 2 saturated heterocycles. The Labute approximate surface area is 192 Å². The predicted octanol–water partition coefficient (Wildman–Crippen LogP) is 2.40. The van der Waals surface area contributed by atoms with Crippen LogP contribution in [0.25, 0.3) is 6.08 Å². The number of aromatic nitrogens is 1. The van der Waals surface area contributed by atoms with Gasteiger partial charge >= 0.3 is 0 Å². The Hall–Kier alpha value is -3.20. The zero-order chi connectivity index (χ0) is 23.3. The lowest BCUT2D eigenvalue weighted by atomic mass is 9.95. The first kappa shape index (κ1) is 21.6. The van der Waals surface area contributed by atoms with Gasteiger partial charge < -0.3 is 16.0 Å². The number of anilines is 1. The quantitative estimate of drug-likeness (QED) is 0.698. The van der Waals surface area contributed by atoms with Crippen molar-refractivity contribution in [1.82, 2.24) is 9.88 Å². The second-order valence-electron chi connectivity index (χ2n) is 9.08. The van der Waals surface area contributed by atoms with Crippen molar-refractivity contribution in [1.29, 1.82) is 0 Å². The van der Waals surface area contributed by atoms with Gasteiger partial charge in [0.25, 0.3) is 11.8 Å². The van der Waals surface area contributed by atoms with Gasteiger partial charge in [-0.3, -0.25) is 14.6 Å². The van der Waals surface area contributed by atoms with Gasteiger partial charge in [0, 0.05) is 48.1 Å². The van der Waals surface area contributed by atoms with Crippen LogP contribution in [0.3, 0.4) is 0 Å². The number of primary amides is 1. The number of nitrogens with one attached hydrogen (secondary N) is 1. The molecule has 1 aromatic heterocycles. The minimum absolute atomic E-state index is 0.0634. The van der Waals surface area contributed by atoms with Gasteiger partial charge in [0.05, 0.1) is 21.8 Å². The number of carbonyl (C=O) groups excluding carboxylic acids is 2. The Morgan fingerprint density at radius 3 is 2.39 bits per heavy atom. The van der Waals surface area contributed by atoms with Crippen LogP contribution in [0.2, 0.25) is 0 Å². The maximum Gasteiger partial charge on any atom is 0.254 e. The summed E-state index contributed by atoms with van der Waals surface area (Å²) in [5.41, 5.74) is 9.08. The molecule has 9 heteroatoms. The Morgan fingerprint density at radius 2 is 1.79 bits per heavy atom. The van der Waals surface area contributed by atoms with Crippen molar-refractivity contribution in [2.75, 3.05) is 11.6 Å². The molecule has 5 rings (SSSR count). The van der Waals surface area contributed by atoms with E-state index in [1.807, 2.05) is 17.1 Å². The standard InChI is InChI=1S/C24H26N4O4S/c1-33(31,32)18-9-5-14(6-10-18)24(30)28-16-7-8-17(28)12-15(11-16)27-22-19-3-2-4-21(19)26-13-20(22)23(25)29/h2-3,5-6,9-10,13,15-17H,4,7-8,11-12H2,1H3,(H2,25,29)(H,26,27)/t16-,17-/m0/s1. The van der Waals surface area contributed by atoms with E-state index in [2.05, 4.69) is 10.3 Å². The van der Waals surface area contributed by atoms with E-state index in [9.17, 15) is 18.0 Å². The highest BCUT2D eigenvalue weighted by atomic mass is 32.2. The molecule has 0 spiro atoms. The molecule has 33 heavy (non-hydrogen) atoms. The summed E-state index contributed by atoms with van der Waals surface area (Å²) < 4.78 is 23.4. The number of piperidine rings is 1. The van der Waals surface area contributed by atoms with Crippen LogP contribution in [0.1, 0.15) is 57.7 Å². The van der Waals surface area contributed by atoms with Gasteiger partial charge in [0.2, 0.25) is 0 Å². The lowest BCUT2D eigenvalue weighted by Gasteiger charge is -2.40. The van der Waals surface area contributed by atoms with Crippen molar-refractivity contribution in [3.63, 3.8) is 0 Å². The van der Waals surface area contributed by atoms with Crippen LogP contribution in [0.15, 0.2) is 41.4 Å². The molecule has 2 aromatic rings. The number of hydrogen-bond acceptors (Lipinski definition) is 6. The van der Waals surface area contributed by atoms with Gasteiger partial charge in [-0.05, 0) is 49.9 Å². The zero-order valence-corrected chi connectivity index (χ0v) is 19.1. The van der Waals surface area contributed by atoms with Gasteiger partial charge in [-0.2, -0.15) is 0 Å². The summed E-state index contributed by atoms with van der Waals surface area (Å²) in [4.78, 5) is 31.8. The highest BCUT2D eigenvalue weighted by molar-refractivity contribution is 7.90. The van der Waals surface area contributed by atoms with E-state index < -0.39 is 15.7 Å². The Balaban J connectivity index is 1.35. The third-order valence-corrected chi connectivity index (χ3v) is 8.03. The SMILES string of the molecule is CS(=O)(=O)c1ccc(C(=O)N2[C@H]3CC[C@H]2CC(Nc2c(C(N)=O)cnc4c2C=CC4)C3)cc1. The molecular weight excluding hydrogens is 440 g/mol. The van der Waals surface area contributed by atoms with Gasteiger partial charge in [-0.25, -0.2) is 8.42 Å². The number of rotatable bonds is 5. The molecule has 2 amide bonds. The third kappa shape index (κ3) is 3.90. The molecule has 0 saturated carbocycles. The van der Waals surface area contributed by atoms with Gasteiger partial charge in [-0.15, -0.1) is 0 Å². The van der Waals surface area contributed by atoms with Crippen molar-refractivity contribution in [3.05, 3.63) is 58.9 Å². The second kappa shape index (κ2) is 7.98. The Bertz CT molecular complexity index is 1260. The van der Waals surface area contributed by atoms with Crippen LogP contribution >= 0.6 is 0 Å². The summed E-state index contributed by atoms with van der Waals surface area (Å²) >= 11 is 0. The topological polar surface area (TPSA) is 122 Å². The average Bonchev–Trinajstić information content (AvgIpc) is 3.35. The summed E-state index contributed by atoms with van der Waals surface area (Å²) in [5, 5.41) is 3.56. The Morgan fingerprint density at radius 1 is 1.12 bits per heavy atom. The monoisotopic (exact) mass is 466 g/mol. The van der Waals surface area contributed by atoms with E-state index in [1.54, 1.807) is 18.3 Å². The number of sulfone groups is 1. The van der Waals surface area contributed by atoms with E-state index in [-0.39, 0.29) is 28.9 Å². The number of benzene rings is 1. The summed E-state index contributed by atoms with van der Waals surface area (Å²) in [6.45, 7) is 0. The first-order chi connectivity index (χ1) is 15.7. The molecule has 172 valence electrons. The lowest BCUT2D eigenvalue weighted by molar-refractivity contribution is 0.0583. The molecule has 2 aliphatic heterocycles. The lowest BCUT2D eigenvalue weighted by Crippen LogP contribution is -2.49. The molecule has 0 radical (unpaired) electrons. The number of hydrogen-bond donors (Lipinski definition) is 2. The maximum atomic E-state index is 13.3. The number of allylic oxidation sites excluding steroid dienone is 1. The molecule has 1 aromatic carbocycles. The maximum absolute atomic E-state index is 13.3. The molecule has 3 heterocycles. The van der Waals surface area contributed by atoms with Crippen molar-refractivity contribution >= 4 is 33.4 Å². The average molecular weight is 467 g/mol. The van der Waals surface area contributed by atoms with Crippen LogP contribution in [0, 0.1) is 0 Å². The first-order valence-electron chi connectivity index (χ1n) is 11.1. The number of nitrogens with zero attached hydrogens (tertiary/aromatic N) is 2. The fourth-order valence-electron chi connectivity index (χ4n) is 5.36. The smallest absolute Gasteiger partial charge is 0.254 e. The molecule has 3 N–H and O–H groups in total. The number of fused-ring (bicyclic) bond motifs is 3. The molecule has 2 atom stereocenters. The zero-order valence-electron chi connectivity index (χ0n) is 18.3. The van der Waals surface area contributed by atoms with Gasteiger partial charge in [0.1, 0.15) is 0 Å². The van der Waals surface area contributed by atoms with Crippen molar-refractivity contribution < 1.29 is 18.0 Å². The second-order valence-corrected chi connectivity index (χ2v) is 11.1. The van der Waals surface area contributed by atoms with Gasteiger partial charge in [-0.1, -0.05) is 12.2 Å². The molecule has 3 aliphatic rings. The number of carbonyl (C=O) groups is 2. The summed E-state index contributed by atoms with van der Waals surface area (Å²) in [6, 6.07) is 6.44. The number of pyridine rings is 1. The highest BCUT2D eigenvalue weighted by Gasteiger charge is 2.43. The van der Waals surface area contributed by atoms with Crippen LogP contribution in [-0.4, -0.2) is 54.5 Å². The van der Waals surface area contributed by atoms with E-state index in [1.165, 1.54) is 12.1 Å². The van der Waals surface area contributed by atoms with Crippen molar-refractivity contribution in [3.8, 4) is 0 Å². The third-order valence-electron chi connectivity index (χ3n) is 6.91. The van der Waals surface area contributed by atoms with E-state index in [4.69, 9.17) is 5.73 Å². The minimum Gasteiger partial charge on any atom is -0.381 e. The summed E-state index contributed by atoms with van der Waals surface area (Å²) in [5.74, 6) is -0.576. The number of nitrogens with two attached hydrogens (primary N) is 1. The normalized spacial score (nSPS) is 23.4. The highest BCUT2D eigenvalue weighted by Crippen LogP contribution is 2.39. The van der Waals surface area contributed by atoms with E-state index in [0.29, 0.717) is 11.1 Å². The number of amides is 2. The first-order valence-corrected chi connectivity index (χ1v) is 13.0. The van der Waals surface area contributed by atoms with Crippen LogP contribution in [0.4, 0.5) is 5.69 Å². The molecular formula is C24H26N4O4S. The van der Waals surface area contributed by atoms with Crippen LogP contribution in [0.5, 0.6) is 0 Å². The predicted molar refractivity (Wildman–Crippen MR) is 125 cm³/mol. The minimum atomic E-state index is -3.31. The molecule has 2 fully saturated rings. The molecule has 1 aliphatic carbocycles. The summed E-state index contributed by atoms with van der Waals surface area (Å²) in [6.07, 6.45) is 10.8. The van der Waals surface area contributed by atoms with Crippen molar-refractivity contribution in [2.24, 2.45) is 5.73 Å². The van der Waals surface area contributed by atoms with E-state index in [0.717, 1.165) is 55.3 Å². The van der Waals surface area contributed by atoms with Crippen LogP contribution in [-0.2, 0) is 16.3 Å². The fraction of sp³-hybridized carbons (Fsp3) is 0.375. The summed E-state index contributed by atoms with van der Waals surface area (Å²) in [7, 11) is -3.31. The van der Waals surface area contributed by atoms with Crippen molar-refractivity contribution in [2.45, 2.75) is 55.1 Å². The van der Waals surface area contributed by atoms with Gasteiger partial charge in [0.15, 0.2) is 9.84 Å².